The predicted octanol–water partition coefficient (Wildman–Crippen LogP) is -1.98. The van der Waals surface area contributed by atoms with Crippen molar-refractivity contribution in [2.24, 2.45) is 0 Å². The zero-order chi connectivity index (χ0) is 4.83. The lowest BCUT2D eigenvalue weighted by Gasteiger charge is -1.76. The highest BCUT2D eigenvalue weighted by Gasteiger charge is 1.71. The van der Waals surface area contributed by atoms with E-state index in [1.54, 1.807) is 0 Å². The number of aliphatic hydroxyl groups is 1. The molecule has 0 aliphatic carbocycles. The lowest BCUT2D eigenvalue weighted by molar-refractivity contribution is -0.368. The van der Waals surface area contributed by atoms with Crippen molar-refractivity contribution in [1.82, 2.24) is 0 Å². The van der Waals surface area contributed by atoms with E-state index in [1.165, 1.54) is 11.4 Å². The van der Waals surface area contributed by atoms with Crippen LogP contribution in [0.4, 0.5) is 0 Å². The number of aliphatic hydroxyl groups excluding tert-OH is 1. The molecule has 0 aliphatic heterocycles. The van der Waals surface area contributed by atoms with Crippen LogP contribution in [0.2, 0.25) is 0 Å². The highest BCUT2D eigenvalue weighted by atomic mass is 16.4. The molecule has 0 radical (unpaired) electrons. The zero-order valence-corrected chi connectivity index (χ0v) is 3.35. The van der Waals surface area contributed by atoms with Crippen LogP contribution in [0.5, 0.6) is 0 Å². The Labute approximate surface area is 35.9 Å². The van der Waals surface area contributed by atoms with E-state index in [0.717, 1.165) is 0 Å². The maximum Gasteiger partial charge on any atom is 0.151 e. The Kier molecular flexibility index (Phi) is 4.01. The first-order chi connectivity index (χ1) is 2.91. The third kappa shape index (κ3) is 3.43. The molecule has 6 heavy (non-hydrogen) atoms. The predicted molar refractivity (Wildman–Crippen MR) is 22.1 cm³/mol. The van der Waals surface area contributed by atoms with Gasteiger partial charge in [0.05, 0.1) is 6.61 Å². The maximum atomic E-state index is 9.27. The van der Waals surface area contributed by atoms with Crippen molar-refractivity contribution in [3.63, 3.8) is 0 Å². The monoisotopic (exact) mass is 89.0 g/mol. The fourth-order valence-electron chi connectivity index (χ4n) is 0.123. The summed E-state index contributed by atoms with van der Waals surface area (Å²) in [5.41, 5.74) is 0. The van der Waals surface area contributed by atoms with Crippen molar-refractivity contribution >= 4 is 6.21 Å². The summed E-state index contributed by atoms with van der Waals surface area (Å²) in [6.07, 6.45) is 1.67. The Hall–Kier alpha value is -0.570. The molecule has 0 bridgehead atoms. The van der Waals surface area contributed by atoms with Crippen molar-refractivity contribution in [3.05, 3.63) is 5.21 Å². The molecule has 0 atom stereocenters. The van der Waals surface area contributed by atoms with Gasteiger partial charge in [0.1, 0.15) is 0 Å². The van der Waals surface area contributed by atoms with E-state index in [1.807, 2.05) is 0 Å². The minimum absolute atomic E-state index is 0.0369. The van der Waals surface area contributed by atoms with Crippen LogP contribution in [-0.2, 0) is 0 Å². The van der Waals surface area contributed by atoms with Crippen LogP contribution in [0.1, 0.15) is 6.42 Å². The average Bonchev–Trinajstić information content (AvgIpc) is 1.61. The second kappa shape index (κ2) is 4.43. The van der Waals surface area contributed by atoms with Gasteiger partial charge in [0.25, 0.3) is 0 Å². The molecule has 0 fully saturated rings. The van der Waals surface area contributed by atoms with E-state index in [2.05, 4.69) is 0 Å². The van der Waals surface area contributed by atoms with Crippen LogP contribution in [0.3, 0.4) is 0 Å². The molecular formula is C3H7NO2. The summed E-state index contributed by atoms with van der Waals surface area (Å²) in [4.78, 5) is 0. The lowest BCUT2D eigenvalue weighted by Crippen LogP contribution is -2.60. The quantitative estimate of drug-likeness (QED) is 0.234. The molecule has 36 valence electrons. The van der Waals surface area contributed by atoms with E-state index >= 15 is 0 Å². The molecule has 3 heteroatoms. The minimum Gasteiger partial charge on any atom is -0.626 e. The first-order valence-electron chi connectivity index (χ1n) is 1.72. The van der Waals surface area contributed by atoms with Crippen molar-refractivity contribution in [2.75, 3.05) is 6.61 Å². The molecular weight excluding hydrogens is 82.0 g/mol. The molecule has 0 spiro atoms. The van der Waals surface area contributed by atoms with Gasteiger partial charge in [-0.25, -0.2) is 5.16 Å². The van der Waals surface area contributed by atoms with E-state index in [-0.39, 0.29) is 6.61 Å². The summed E-state index contributed by atoms with van der Waals surface area (Å²) in [5.74, 6) is 0. The summed E-state index contributed by atoms with van der Waals surface area (Å²) < 4.78 is 0. The third-order valence-electron chi connectivity index (χ3n) is 0.357. The summed E-state index contributed by atoms with van der Waals surface area (Å²) in [7, 11) is 0. The second-order valence-electron chi connectivity index (χ2n) is 0.834. The fourth-order valence-corrected chi connectivity index (χ4v) is 0.123. The van der Waals surface area contributed by atoms with E-state index in [0.29, 0.717) is 6.42 Å². The molecule has 0 aromatic rings. The van der Waals surface area contributed by atoms with Crippen LogP contribution < -0.4 is 5.16 Å². The molecule has 0 aliphatic rings. The van der Waals surface area contributed by atoms with Gasteiger partial charge < -0.3 is 10.3 Å². The summed E-state index contributed by atoms with van der Waals surface area (Å²) in [5, 5.41) is 18.8. The molecule has 0 unspecified atom stereocenters. The van der Waals surface area contributed by atoms with Gasteiger partial charge in [-0.05, 0) is 0 Å². The third-order valence-corrected chi connectivity index (χ3v) is 0.357. The Balaban J connectivity index is 2.66. The van der Waals surface area contributed by atoms with Crippen LogP contribution in [0, 0.1) is 5.21 Å². The molecule has 0 aromatic heterocycles. The van der Waals surface area contributed by atoms with Crippen molar-refractivity contribution in [2.45, 2.75) is 6.42 Å². The minimum atomic E-state index is 0.0369. The first-order valence-corrected chi connectivity index (χ1v) is 1.72. The van der Waals surface area contributed by atoms with Crippen molar-refractivity contribution in [1.29, 1.82) is 0 Å². The maximum absolute atomic E-state index is 9.27. The van der Waals surface area contributed by atoms with E-state index in [9.17, 15) is 5.21 Å². The first kappa shape index (κ1) is 5.43. The molecule has 0 aromatic carbocycles. The molecule has 2 N–H and O–H groups in total. The molecule has 0 saturated carbocycles. The molecule has 0 rings (SSSR count). The van der Waals surface area contributed by atoms with Gasteiger partial charge in [-0.3, -0.25) is 0 Å². The Morgan fingerprint density at radius 2 is 2.50 bits per heavy atom. The van der Waals surface area contributed by atoms with Crippen LogP contribution in [0.25, 0.3) is 0 Å². The zero-order valence-electron chi connectivity index (χ0n) is 3.35. The summed E-state index contributed by atoms with van der Waals surface area (Å²) >= 11 is 0. The second-order valence-corrected chi connectivity index (χ2v) is 0.834. The Morgan fingerprint density at radius 3 is 2.67 bits per heavy atom. The molecule has 3 nitrogen and oxygen atoms in total. The standard InChI is InChI=1S/C3H7NO2/c5-3-1-2-4-6/h2,4-5H,1,3H2. The number of hydrogen-bond acceptors (Lipinski definition) is 2. The van der Waals surface area contributed by atoms with Gasteiger partial charge >= 0.3 is 0 Å². The lowest BCUT2D eigenvalue weighted by atomic mass is 10.5. The Bertz CT molecular complexity index is 44.1. The Morgan fingerprint density at radius 1 is 1.83 bits per heavy atom. The van der Waals surface area contributed by atoms with Crippen LogP contribution >= 0.6 is 0 Å². The van der Waals surface area contributed by atoms with Gasteiger partial charge in [-0.1, -0.05) is 0 Å². The summed E-state index contributed by atoms with van der Waals surface area (Å²) in [6.45, 7) is 0.0369. The largest absolute Gasteiger partial charge is 0.626 e. The molecule has 0 heterocycles. The number of hydrogen-bond donors (Lipinski definition) is 2. The van der Waals surface area contributed by atoms with Gasteiger partial charge in [0.15, 0.2) is 6.21 Å². The van der Waals surface area contributed by atoms with Gasteiger partial charge in [-0.15, -0.1) is 0 Å². The number of rotatable bonds is 2. The van der Waals surface area contributed by atoms with Gasteiger partial charge in [0, 0.05) is 6.42 Å². The average molecular weight is 89.1 g/mol. The normalized spacial score (nSPS) is 10.2. The van der Waals surface area contributed by atoms with Gasteiger partial charge in [-0.2, -0.15) is 0 Å². The van der Waals surface area contributed by atoms with E-state index in [4.69, 9.17) is 5.11 Å². The number of nitrogens with one attached hydrogen (secondary N) is 1. The van der Waals surface area contributed by atoms with Crippen molar-refractivity contribution < 1.29 is 10.3 Å². The van der Waals surface area contributed by atoms with Crippen molar-refractivity contribution in [3.8, 4) is 0 Å². The molecule has 0 amide bonds. The van der Waals surface area contributed by atoms with E-state index < -0.39 is 0 Å². The SMILES string of the molecule is [O-][NH+]=CCCO. The summed E-state index contributed by atoms with van der Waals surface area (Å²) in [6, 6.07) is 0. The molecule has 0 saturated heterocycles. The van der Waals surface area contributed by atoms with Gasteiger partial charge in [0.2, 0.25) is 0 Å². The smallest absolute Gasteiger partial charge is 0.151 e. The topological polar surface area (TPSA) is 57.3 Å². The highest BCUT2D eigenvalue weighted by molar-refractivity contribution is 5.49. The fraction of sp³-hybridized carbons (Fsp3) is 0.667. The highest BCUT2D eigenvalue weighted by Crippen LogP contribution is 1.56. The van der Waals surface area contributed by atoms with Crippen LogP contribution in [-0.4, -0.2) is 17.9 Å². The van der Waals surface area contributed by atoms with Crippen LogP contribution in [0.15, 0.2) is 0 Å².